The van der Waals surface area contributed by atoms with E-state index in [9.17, 15) is 14.7 Å². The Morgan fingerprint density at radius 1 is 1.00 bits per heavy atom. The number of aliphatic carboxylic acids is 1. The second-order valence-corrected chi connectivity index (χ2v) is 10.5. The maximum atomic E-state index is 13.0. The number of hydrogen-bond donors (Lipinski definition) is 3. The van der Waals surface area contributed by atoms with Gasteiger partial charge >= 0.3 is 5.97 Å². The van der Waals surface area contributed by atoms with Gasteiger partial charge in [0.1, 0.15) is 24.2 Å². The molecule has 224 valence electrons. The number of fused-ring (bicyclic) bond motifs is 1. The summed E-state index contributed by atoms with van der Waals surface area (Å²) in [6.07, 6.45) is 4.38. The minimum absolute atomic E-state index is 0.260. The molecule has 9 heteroatoms. The molecule has 1 aliphatic heterocycles. The number of nitrogens with zero attached hydrogens (tertiary/aromatic N) is 2. The van der Waals surface area contributed by atoms with Crippen molar-refractivity contribution in [2.45, 2.75) is 50.7 Å². The third kappa shape index (κ3) is 9.56. The lowest BCUT2D eigenvalue weighted by Crippen LogP contribution is -2.45. The van der Waals surface area contributed by atoms with Crippen molar-refractivity contribution in [3.05, 3.63) is 89.6 Å². The Morgan fingerprint density at radius 2 is 1.76 bits per heavy atom. The Bertz CT molecular complexity index is 1260. The van der Waals surface area contributed by atoms with Gasteiger partial charge in [-0.25, -0.2) is 9.78 Å². The van der Waals surface area contributed by atoms with Crippen LogP contribution in [0.15, 0.2) is 72.8 Å². The van der Waals surface area contributed by atoms with Crippen molar-refractivity contribution < 1.29 is 24.2 Å². The molecule has 0 saturated carbocycles. The first-order chi connectivity index (χ1) is 20.5. The molecular formula is C33H42N4O5. The number of nitrogens with one attached hydrogen (secondary N) is 2. The molecule has 2 aromatic carbocycles. The number of para-hydroxylation sites is 1. The third-order valence-electron chi connectivity index (χ3n) is 7.45. The summed E-state index contributed by atoms with van der Waals surface area (Å²) >= 11 is 0. The number of carboxylic acid groups (broad SMARTS) is 1. The first-order valence-electron chi connectivity index (χ1n) is 14.8. The van der Waals surface area contributed by atoms with E-state index in [2.05, 4.69) is 27.7 Å². The zero-order chi connectivity index (χ0) is 29.6. The molecule has 1 aliphatic rings. The molecule has 0 aliphatic carbocycles. The highest BCUT2D eigenvalue weighted by Gasteiger charge is 2.26. The Labute approximate surface area is 248 Å². The molecule has 0 fully saturated rings. The van der Waals surface area contributed by atoms with Crippen LogP contribution in [0.25, 0.3) is 0 Å². The lowest BCUT2D eigenvalue weighted by Gasteiger charge is -2.25. The summed E-state index contributed by atoms with van der Waals surface area (Å²) in [6, 6.07) is 22.0. The van der Waals surface area contributed by atoms with Gasteiger partial charge < -0.3 is 25.2 Å². The monoisotopic (exact) mass is 574 g/mol. The van der Waals surface area contributed by atoms with E-state index in [-0.39, 0.29) is 6.42 Å². The number of hydrogen-bond acceptors (Lipinski definition) is 7. The number of pyridine rings is 1. The fourth-order valence-corrected chi connectivity index (χ4v) is 5.13. The number of unbranched alkanes of at least 4 members (excludes halogenated alkanes) is 1. The molecular weight excluding hydrogens is 532 g/mol. The number of carboxylic acids is 1. The molecule has 0 spiro atoms. The molecule has 0 saturated heterocycles. The fraction of sp³-hybridized carbons (Fsp3) is 0.424. The maximum Gasteiger partial charge on any atom is 0.326 e. The molecule has 2 atom stereocenters. The summed E-state index contributed by atoms with van der Waals surface area (Å²) in [7, 11) is 1.44. The predicted octanol–water partition coefficient (Wildman–Crippen LogP) is 4.49. The van der Waals surface area contributed by atoms with Gasteiger partial charge in [0.25, 0.3) is 5.91 Å². The van der Waals surface area contributed by atoms with Gasteiger partial charge in [-0.05, 0) is 74.4 Å². The van der Waals surface area contributed by atoms with E-state index in [0.717, 1.165) is 62.5 Å². The average molecular weight is 575 g/mol. The first kappa shape index (κ1) is 31.0. The molecule has 4 rings (SSSR count). The van der Waals surface area contributed by atoms with Crippen LogP contribution in [0.4, 0.5) is 5.82 Å². The van der Waals surface area contributed by atoms with E-state index < -0.39 is 24.0 Å². The number of benzene rings is 2. The second kappa shape index (κ2) is 16.5. The molecule has 1 amide bonds. The number of rotatable bonds is 17. The van der Waals surface area contributed by atoms with Gasteiger partial charge in [-0.15, -0.1) is 0 Å². The fourth-order valence-electron chi connectivity index (χ4n) is 5.13. The van der Waals surface area contributed by atoms with Gasteiger partial charge in [-0.3, -0.25) is 9.69 Å². The zero-order valence-corrected chi connectivity index (χ0v) is 24.3. The summed E-state index contributed by atoms with van der Waals surface area (Å²) < 4.78 is 11.3. The number of anilines is 1. The van der Waals surface area contributed by atoms with Crippen molar-refractivity contribution in [1.29, 1.82) is 0 Å². The van der Waals surface area contributed by atoms with E-state index in [0.29, 0.717) is 25.3 Å². The van der Waals surface area contributed by atoms with E-state index in [1.165, 1.54) is 12.7 Å². The van der Waals surface area contributed by atoms with Crippen LogP contribution in [0, 0.1) is 0 Å². The quantitative estimate of drug-likeness (QED) is 0.202. The van der Waals surface area contributed by atoms with Crippen LogP contribution < -0.4 is 15.4 Å². The van der Waals surface area contributed by atoms with Crippen LogP contribution in [-0.4, -0.2) is 72.8 Å². The first-order valence-corrected chi connectivity index (χ1v) is 14.8. The third-order valence-corrected chi connectivity index (χ3v) is 7.45. The number of ether oxygens (including phenoxy) is 2. The molecule has 0 bridgehead atoms. The molecule has 2 heterocycles. The lowest BCUT2D eigenvalue weighted by molar-refractivity contribution is -0.144. The van der Waals surface area contributed by atoms with Crippen molar-refractivity contribution in [3.63, 3.8) is 0 Å². The van der Waals surface area contributed by atoms with E-state index in [4.69, 9.17) is 14.5 Å². The van der Waals surface area contributed by atoms with Gasteiger partial charge in [-0.2, -0.15) is 0 Å². The number of aryl methyl sites for hydroxylation is 2. The lowest BCUT2D eigenvalue weighted by atomic mass is 10.1. The van der Waals surface area contributed by atoms with Gasteiger partial charge in [0.05, 0.1) is 0 Å². The molecule has 3 aromatic rings. The van der Waals surface area contributed by atoms with Crippen molar-refractivity contribution >= 4 is 17.7 Å². The smallest absolute Gasteiger partial charge is 0.326 e. The summed E-state index contributed by atoms with van der Waals surface area (Å²) in [6.45, 7) is 3.37. The average Bonchev–Trinajstić information content (AvgIpc) is 3.02. The van der Waals surface area contributed by atoms with Crippen molar-refractivity contribution in [2.24, 2.45) is 0 Å². The van der Waals surface area contributed by atoms with Crippen LogP contribution in [0.5, 0.6) is 5.75 Å². The Morgan fingerprint density at radius 3 is 2.50 bits per heavy atom. The van der Waals surface area contributed by atoms with Gasteiger partial charge in [-0.1, -0.05) is 54.6 Å². The highest BCUT2D eigenvalue weighted by molar-refractivity contribution is 5.87. The van der Waals surface area contributed by atoms with Crippen molar-refractivity contribution in [1.82, 2.24) is 15.2 Å². The number of carbonyl (C=O) groups is 2. The molecule has 9 nitrogen and oxygen atoms in total. The summed E-state index contributed by atoms with van der Waals surface area (Å²) in [5, 5.41) is 16.0. The Hall–Kier alpha value is -3.95. The van der Waals surface area contributed by atoms with Crippen molar-refractivity contribution in [2.75, 3.05) is 45.2 Å². The topological polar surface area (TPSA) is 113 Å². The Balaban J connectivity index is 1.31. The second-order valence-electron chi connectivity index (χ2n) is 10.5. The van der Waals surface area contributed by atoms with Crippen LogP contribution in [-0.2, 0) is 27.2 Å². The van der Waals surface area contributed by atoms with Crippen LogP contribution >= 0.6 is 0 Å². The minimum Gasteiger partial charge on any atom is -0.492 e. The van der Waals surface area contributed by atoms with Gasteiger partial charge in [0.15, 0.2) is 6.10 Å². The SMILES string of the molecule is CO[C@@H](C(=O)N[C@@H](CCN(CCCCc1ccc2c(n1)NCCC2)CCOc1ccccc1)C(=O)O)c1ccccc1. The van der Waals surface area contributed by atoms with E-state index in [1.54, 1.807) is 12.1 Å². The number of methoxy groups -OCH3 is 1. The molecule has 3 N–H and O–H groups in total. The van der Waals surface area contributed by atoms with E-state index in [1.807, 2.05) is 48.5 Å². The van der Waals surface area contributed by atoms with Crippen LogP contribution in [0.3, 0.4) is 0 Å². The zero-order valence-electron chi connectivity index (χ0n) is 24.3. The molecule has 42 heavy (non-hydrogen) atoms. The van der Waals surface area contributed by atoms with Crippen LogP contribution in [0.2, 0.25) is 0 Å². The maximum absolute atomic E-state index is 13.0. The number of carbonyl (C=O) groups excluding carboxylic acids is 1. The summed E-state index contributed by atoms with van der Waals surface area (Å²) in [5.74, 6) is 0.274. The van der Waals surface area contributed by atoms with Crippen molar-refractivity contribution in [3.8, 4) is 5.75 Å². The Kier molecular flexibility index (Phi) is 12.2. The number of aromatic nitrogens is 1. The highest BCUT2D eigenvalue weighted by Crippen LogP contribution is 2.21. The van der Waals surface area contributed by atoms with Gasteiger partial charge in [0, 0.05) is 32.4 Å². The predicted molar refractivity (Wildman–Crippen MR) is 163 cm³/mol. The normalized spacial score (nSPS) is 14.0. The largest absolute Gasteiger partial charge is 0.492 e. The molecule has 1 aromatic heterocycles. The van der Waals surface area contributed by atoms with Crippen LogP contribution in [0.1, 0.15) is 48.6 Å². The summed E-state index contributed by atoms with van der Waals surface area (Å²) in [4.78, 5) is 32.1. The summed E-state index contributed by atoms with van der Waals surface area (Å²) in [5.41, 5.74) is 3.04. The standard InChI is InChI=1S/C33H42N4O5/c1-41-30(25-11-4-2-5-12-25)32(38)36-29(33(39)40)19-22-37(23-24-42-28-15-6-3-7-16-28)21-9-8-14-27-18-17-26-13-10-20-34-31(26)35-27/h2-7,11-12,15-18,29-30H,8-10,13-14,19-24H2,1H3,(H,34,35)(H,36,38)(H,39,40)/t29-,30+/m0/s1. The molecule has 0 radical (unpaired) electrons. The van der Waals surface area contributed by atoms with E-state index >= 15 is 0 Å². The highest BCUT2D eigenvalue weighted by atomic mass is 16.5. The number of amides is 1. The molecule has 0 unspecified atom stereocenters. The minimum atomic E-state index is -1.07. The van der Waals surface area contributed by atoms with Gasteiger partial charge in [0.2, 0.25) is 0 Å².